The van der Waals surface area contributed by atoms with Crippen molar-refractivity contribution < 1.29 is 31.1 Å². The highest BCUT2D eigenvalue weighted by molar-refractivity contribution is 7.90. The number of nitrogens with zero attached hydrogens (tertiary/aromatic N) is 3. The highest BCUT2D eigenvalue weighted by atomic mass is 32.2. The maximum atomic E-state index is 12.4. The van der Waals surface area contributed by atoms with E-state index in [4.69, 9.17) is 4.74 Å². The summed E-state index contributed by atoms with van der Waals surface area (Å²) in [6, 6.07) is 3.69. The molecule has 12 heteroatoms. The van der Waals surface area contributed by atoms with Crippen molar-refractivity contribution in [3.05, 3.63) is 34.7 Å². The molecule has 1 heterocycles. The molecule has 0 aliphatic carbocycles. The van der Waals surface area contributed by atoms with Crippen LogP contribution in [0.2, 0.25) is 0 Å². The van der Waals surface area contributed by atoms with Gasteiger partial charge in [0.2, 0.25) is 0 Å². The van der Waals surface area contributed by atoms with Gasteiger partial charge in [-0.15, -0.1) is 13.2 Å². The van der Waals surface area contributed by atoms with Crippen LogP contribution in [-0.4, -0.2) is 35.6 Å². The van der Waals surface area contributed by atoms with Crippen LogP contribution in [-0.2, 0) is 17.1 Å². The molecule has 2 rings (SSSR count). The average molecular weight is 353 g/mol. The number of hydrogen-bond acceptors (Lipinski definition) is 6. The number of benzene rings is 1. The molecule has 0 atom stereocenters. The highest BCUT2D eigenvalue weighted by Crippen LogP contribution is 2.30. The van der Waals surface area contributed by atoms with E-state index in [0.717, 1.165) is 29.9 Å². The first-order valence-corrected chi connectivity index (χ1v) is 7.32. The second kappa shape index (κ2) is 5.61. The molecule has 0 saturated carbocycles. The van der Waals surface area contributed by atoms with Crippen molar-refractivity contribution in [3.63, 3.8) is 0 Å². The summed E-state index contributed by atoms with van der Waals surface area (Å²) in [7, 11) is -2.37. The van der Waals surface area contributed by atoms with Gasteiger partial charge in [0.25, 0.3) is 10.0 Å². The molecule has 0 saturated heterocycles. The normalized spacial score (nSPS) is 12.2. The lowest BCUT2D eigenvalue weighted by Crippen LogP contribution is -2.30. The molecule has 0 aliphatic heterocycles. The molecule has 0 unspecified atom stereocenters. The van der Waals surface area contributed by atoms with Gasteiger partial charge in [-0.2, -0.15) is 8.42 Å². The van der Waals surface area contributed by atoms with E-state index >= 15 is 0 Å². The molecule has 2 aromatic rings. The van der Waals surface area contributed by atoms with Crippen molar-refractivity contribution in [2.75, 3.05) is 7.11 Å². The molecule has 0 N–H and O–H groups in total. The Hall–Kier alpha value is -2.50. The van der Waals surface area contributed by atoms with Crippen LogP contribution in [0.1, 0.15) is 0 Å². The summed E-state index contributed by atoms with van der Waals surface area (Å²) in [5.41, 5.74) is -1.11. The first kappa shape index (κ1) is 16.9. The minimum absolute atomic E-state index is 0.0321. The quantitative estimate of drug-likeness (QED) is 0.804. The topological polar surface area (TPSA) is 92.4 Å². The SMILES string of the molecule is COc1nn(S(=O)(=O)c2ccccc2OC(F)(F)F)c(=O)n1C. The molecule has 23 heavy (non-hydrogen) atoms. The van der Waals surface area contributed by atoms with Gasteiger partial charge in [0.15, 0.2) is 0 Å². The predicted molar refractivity (Wildman–Crippen MR) is 69.7 cm³/mol. The molecule has 0 aliphatic rings. The Labute approximate surface area is 127 Å². The minimum Gasteiger partial charge on any atom is -0.467 e. The summed E-state index contributed by atoms with van der Waals surface area (Å²) in [5.74, 6) is -0.975. The molecule has 0 fully saturated rings. The number of halogens is 3. The molecule has 1 aromatic carbocycles. The number of rotatable bonds is 4. The van der Waals surface area contributed by atoms with Crippen molar-refractivity contribution in [3.8, 4) is 11.8 Å². The highest BCUT2D eigenvalue weighted by Gasteiger charge is 2.35. The zero-order chi connectivity index (χ0) is 17.4. The van der Waals surface area contributed by atoms with Crippen LogP contribution in [0, 0.1) is 0 Å². The number of methoxy groups -OCH3 is 1. The van der Waals surface area contributed by atoms with Crippen molar-refractivity contribution in [2.24, 2.45) is 7.05 Å². The third-order valence-corrected chi connectivity index (χ3v) is 4.26. The smallest absolute Gasteiger partial charge is 0.467 e. The summed E-state index contributed by atoms with van der Waals surface area (Å²) in [6.45, 7) is 0. The maximum absolute atomic E-state index is 12.4. The molecule has 8 nitrogen and oxygen atoms in total. The summed E-state index contributed by atoms with van der Waals surface area (Å²) in [5, 5.41) is 3.43. The Morgan fingerprint density at radius 3 is 2.35 bits per heavy atom. The van der Waals surface area contributed by atoms with Gasteiger partial charge < -0.3 is 9.47 Å². The summed E-state index contributed by atoms with van der Waals surface area (Å²) in [6.07, 6.45) is -5.10. The maximum Gasteiger partial charge on any atom is 0.573 e. The Balaban J connectivity index is 2.64. The van der Waals surface area contributed by atoms with E-state index in [1.807, 2.05) is 0 Å². The Bertz CT molecular complexity index is 885. The van der Waals surface area contributed by atoms with Crippen molar-refractivity contribution >= 4 is 10.0 Å². The van der Waals surface area contributed by atoms with E-state index in [1.165, 1.54) is 13.1 Å². The van der Waals surface area contributed by atoms with Gasteiger partial charge in [0, 0.05) is 7.05 Å². The van der Waals surface area contributed by atoms with E-state index in [9.17, 15) is 26.4 Å². The lowest BCUT2D eigenvalue weighted by atomic mass is 10.3. The van der Waals surface area contributed by atoms with Crippen LogP contribution < -0.4 is 15.2 Å². The van der Waals surface area contributed by atoms with Gasteiger partial charge in [0.05, 0.1) is 7.11 Å². The fourth-order valence-electron chi connectivity index (χ4n) is 1.70. The van der Waals surface area contributed by atoms with Crippen molar-refractivity contribution in [2.45, 2.75) is 11.3 Å². The molecule has 0 spiro atoms. The fraction of sp³-hybridized carbons (Fsp3) is 0.273. The van der Waals surface area contributed by atoms with E-state index in [0.29, 0.717) is 0 Å². The standard InChI is InChI=1S/C11H10F3N3O5S/c1-16-9(21-2)15-17(10(16)18)23(19,20)8-6-4-3-5-7(8)22-11(12,13)14/h3-6H,1-2H3. The number of alkyl halides is 3. The zero-order valence-electron chi connectivity index (χ0n) is 11.7. The van der Waals surface area contributed by atoms with Crippen LogP contribution in [0.25, 0.3) is 0 Å². The summed E-state index contributed by atoms with van der Waals surface area (Å²) in [4.78, 5) is 11.0. The minimum atomic E-state index is -5.10. The fourth-order valence-corrected chi connectivity index (χ4v) is 3.00. The third kappa shape index (κ3) is 3.16. The molecular weight excluding hydrogens is 343 g/mol. The molecule has 1 aromatic heterocycles. The van der Waals surface area contributed by atoms with Crippen LogP contribution in [0.4, 0.5) is 13.2 Å². The summed E-state index contributed by atoms with van der Waals surface area (Å²) >= 11 is 0. The summed E-state index contributed by atoms with van der Waals surface area (Å²) < 4.78 is 71.2. The average Bonchev–Trinajstić information content (AvgIpc) is 2.74. The molecular formula is C11H10F3N3O5S. The van der Waals surface area contributed by atoms with Crippen molar-refractivity contribution in [1.82, 2.24) is 13.8 Å². The lowest BCUT2D eigenvalue weighted by Gasteiger charge is -2.12. The number of aromatic nitrogens is 3. The van der Waals surface area contributed by atoms with E-state index < -0.39 is 32.7 Å². The van der Waals surface area contributed by atoms with Crippen LogP contribution >= 0.6 is 0 Å². The van der Waals surface area contributed by atoms with Gasteiger partial charge in [-0.1, -0.05) is 21.3 Å². The monoisotopic (exact) mass is 353 g/mol. The van der Waals surface area contributed by atoms with Crippen LogP contribution in [0.3, 0.4) is 0 Å². The molecule has 0 amide bonds. The molecule has 0 bridgehead atoms. The zero-order valence-corrected chi connectivity index (χ0v) is 12.6. The number of ether oxygens (including phenoxy) is 2. The second-order valence-electron chi connectivity index (χ2n) is 4.17. The van der Waals surface area contributed by atoms with Crippen LogP contribution in [0.15, 0.2) is 34.0 Å². The number of hydrogen-bond donors (Lipinski definition) is 0. The van der Waals surface area contributed by atoms with Gasteiger partial charge in [0.1, 0.15) is 10.6 Å². The van der Waals surface area contributed by atoms with Gasteiger partial charge >= 0.3 is 18.1 Å². The van der Waals surface area contributed by atoms with E-state index in [-0.39, 0.29) is 10.1 Å². The molecule has 0 radical (unpaired) electrons. The Morgan fingerprint density at radius 2 is 1.83 bits per heavy atom. The van der Waals surface area contributed by atoms with E-state index in [1.54, 1.807) is 0 Å². The van der Waals surface area contributed by atoms with E-state index in [2.05, 4.69) is 9.84 Å². The number of para-hydroxylation sites is 1. The lowest BCUT2D eigenvalue weighted by molar-refractivity contribution is -0.275. The van der Waals surface area contributed by atoms with Gasteiger partial charge in [-0.25, -0.2) is 9.36 Å². The van der Waals surface area contributed by atoms with Gasteiger partial charge in [-0.3, -0.25) is 0 Å². The first-order valence-electron chi connectivity index (χ1n) is 5.88. The van der Waals surface area contributed by atoms with Crippen LogP contribution in [0.5, 0.6) is 11.8 Å². The van der Waals surface area contributed by atoms with Gasteiger partial charge in [-0.05, 0) is 12.1 Å². The Morgan fingerprint density at radius 1 is 1.22 bits per heavy atom. The van der Waals surface area contributed by atoms with Crippen molar-refractivity contribution in [1.29, 1.82) is 0 Å². The molecule has 126 valence electrons. The third-order valence-electron chi connectivity index (χ3n) is 2.68. The largest absolute Gasteiger partial charge is 0.573 e. The Kier molecular flexibility index (Phi) is 4.11. The predicted octanol–water partition coefficient (Wildman–Crippen LogP) is 0.726. The second-order valence-corrected chi connectivity index (χ2v) is 5.91. The first-order chi connectivity index (χ1) is 10.6.